The molecule has 2 aromatic rings. The fraction of sp³-hybridized carbons (Fsp3) is 0.400. The fourth-order valence-electron chi connectivity index (χ4n) is 1.83. The molecule has 0 saturated carbocycles. The lowest BCUT2D eigenvalue weighted by atomic mass is 10.1. The van der Waals surface area contributed by atoms with Gasteiger partial charge in [0.1, 0.15) is 5.01 Å². The summed E-state index contributed by atoms with van der Waals surface area (Å²) in [5.41, 5.74) is 3.70. The van der Waals surface area contributed by atoms with E-state index in [1.54, 1.807) is 11.3 Å². The number of hydrogen-bond acceptors (Lipinski definition) is 3. The first-order valence-electron chi connectivity index (χ1n) is 6.51. The van der Waals surface area contributed by atoms with E-state index in [9.17, 15) is 0 Å². The molecule has 2 rings (SSSR count). The molecule has 1 N–H and O–H groups in total. The van der Waals surface area contributed by atoms with Crippen LogP contribution in [0.25, 0.3) is 0 Å². The zero-order chi connectivity index (χ0) is 12.8. The zero-order valence-corrected chi connectivity index (χ0v) is 11.9. The summed E-state index contributed by atoms with van der Waals surface area (Å²) in [6.07, 6.45) is 3.71. The van der Waals surface area contributed by atoms with Crippen LogP contribution in [-0.2, 0) is 13.0 Å². The van der Waals surface area contributed by atoms with Crippen molar-refractivity contribution in [1.29, 1.82) is 0 Å². The van der Waals surface area contributed by atoms with Crippen molar-refractivity contribution in [2.24, 2.45) is 0 Å². The van der Waals surface area contributed by atoms with Gasteiger partial charge in [0.15, 0.2) is 0 Å². The molecule has 1 heterocycles. The molecular formula is C15H20N2S. The quantitative estimate of drug-likeness (QED) is 0.832. The lowest BCUT2D eigenvalue weighted by Gasteiger charge is -2.05. The second kappa shape index (κ2) is 6.55. The summed E-state index contributed by atoms with van der Waals surface area (Å²) in [5, 5.41) is 6.63. The van der Waals surface area contributed by atoms with Crippen molar-refractivity contribution in [2.75, 3.05) is 5.32 Å². The molecule has 0 amide bonds. The van der Waals surface area contributed by atoms with Gasteiger partial charge in [-0.15, -0.1) is 11.3 Å². The first kappa shape index (κ1) is 13.1. The third-order valence-corrected chi connectivity index (χ3v) is 3.85. The van der Waals surface area contributed by atoms with Crippen LogP contribution in [0.3, 0.4) is 0 Å². The number of aryl methyl sites for hydroxylation is 2. The van der Waals surface area contributed by atoms with Gasteiger partial charge in [-0.05, 0) is 37.5 Å². The Morgan fingerprint density at radius 2 is 2.00 bits per heavy atom. The van der Waals surface area contributed by atoms with Crippen molar-refractivity contribution in [2.45, 2.75) is 39.7 Å². The number of thiazole rings is 1. The van der Waals surface area contributed by atoms with Gasteiger partial charge in [0.05, 0.1) is 6.54 Å². The lowest BCUT2D eigenvalue weighted by Crippen LogP contribution is -1.99. The summed E-state index contributed by atoms with van der Waals surface area (Å²) < 4.78 is 0. The number of aromatic nitrogens is 1. The molecule has 1 aromatic carbocycles. The predicted molar refractivity (Wildman–Crippen MR) is 79.2 cm³/mol. The minimum atomic E-state index is 0.812. The van der Waals surface area contributed by atoms with Crippen molar-refractivity contribution in [3.8, 4) is 0 Å². The molecule has 2 nitrogen and oxygen atoms in total. The van der Waals surface area contributed by atoms with Crippen LogP contribution in [0.4, 0.5) is 5.69 Å². The van der Waals surface area contributed by atoms with Crippen molar-refractivity contribution in [3.05, 3.63) is 45.9 Å². The molecule has 0 spiro atoms. The van der Waals surface area contributed by atoms with E-state index in [1.165, 1.54) is 30.5 Å². The Hall–Kier alpha value is -1.35. The van der Waals surface area contributed by atoms with Gasteiger partial charge in [0.2, 0.25) is 0 Å². The zero-order valence-electron chi connectivity index (χ0n) is 11.1. The van der Waals surface area contributed by atoms with Gasteiger partial charge in [0.25, 0.3) is 0 Å². The summed E-state index contributed by atoms with van der Waals surface area (Å²) in [4.78, 5) is 4.44. The van der Waals surface area contributed by atoms with Crippen LogP contribution in [0.2, 0.25) is 0 Å². The fourth-order valence-corrected chi connectivity index (χ4v) is 2.54. The topological polar surface area (TPSA) is 24.9 Å². The van der Waals surface area contributed by atoms with Crippen molar-refractivity contribution in [1.82, 2.24) is 4.98 Å². The molecule has 0 bridgehead atoms. The normalized spacial score (nSPS) is 10.6. The molecule has 3 heteroatoms. The van der Waals surface area contributed by atoms with Crippen LogP contribution in [0.1, 0.15) is 36.0 Å². The Morgan fingerprint density at radius 3 is 2.61 bits per heavy atom. The smallest absolute Gasteiger partial charge is 0.112 e. The number of benzene rings is 1. The molecule has 96 valence electrons. The summed E-state index contributed by atoms with van der Waals surface area (Å²) in [6, 6.07) is 8.74. The highest BCUT2D eigenvalue weighted by Gasteiger charge is 1.99. The van der Waals surface area contributed by atoms with E-state index in [4.69, 9.17) is 0 Å². The third kappa shape index (κ3) is 3.84. The SMILES string of the molecule is CCCCc1ccc(NCc2nc(C)cs2)cc1. The molecule has 1 aromatic heterocycles. The van der Waals surface area contributed by atoms with Crippen molar-refractivity contribution >= 4 is 17.0 Å². The molecule has 0 unspecified atom stereocenters. The summed E-state index contributed by atoms with van der Waals surface area (Å²) >= 11 is 1.71. The monoisotopic (exact) mass is 260 g/mol. The first-order valence-corrected chi connectivity index (χ1v) is 7.39. The molecule has 0 saturated heterocycles. The highest BCUT2D eigenvalue weighted by molar-refractivity contribution is 7.09. The molecule has 0 atom stereocenters. The van der Waals surface area contributed by atoms with Gasteiger partial charge in [-0.3, -0.25) is 0 Å². The van der Waals surface area contributed by atoms with E-state index in [0.29, 0.717) is 0 Å². The predicted octanol–water partition coefficient (Wildman–Crippen LogP) is 4.41. The van der Waals surface area contributed by atoms with Gasteiger partial charge >= 0.3 is 0 Å². The Balaban J connectivity index is 1.86. The molecule has 0 aliphatic rings. The number of anilines is 1. The van der Waals surface area contributed by atoms with Crippen LogP contribution in [0, 0.1) is 6.92 Å². The highest BCUT2D eigenvalue weighted by atomic mass is 32.1. The maximum absolute atomic E-state index is 4.44. The van der Waals surface area contributed by atoms with E-state index in [2.05, 4.69) is 46.9 Å². The number of nitrogens with zero attached hydrogens (tertiary/aromatic N) is 1. The number of hydrogen-bond donors (Lipinski definition) is 1. The maximum atomic E-state index is 4.44. The third-order valence-electron chi connectivity index (χ3n) is 2.88. The van der Waals surface area contributed by atoms with Gasteiger partial charge < -0.3 is 5.32 Å². The molecular weight excluding hydrogens is 240 g/mol. The minimum absolute atomic E-state index is 0.812. The van der Waals surface area contributed by atoms with Crippen LogP contribution in [0.15, 0.2) is 29.6 Å². The van der Waals surface area contributed by atoms with Crippen LogP contribution < -0.4 is 5.32 Å². The molecule has 0 aliphatic carbocycles. The second-order valence-electron chi connectivity index (χ2n) is 4.54. The summed E-state index contributed by atoms with van der Waals surface area (Å²) in [5.74, 6) is 0. The lowest BCUT2D eigenvalue weighted by molar-refractivity contribution is 0.795. The van der Waals surface area contributed by atoms with Gasteiger partial charge in [-0.25, -0.2) is 4.98 Å². The van der Waals surface area contributed by atoms with Gasteiger partial charge in [0, 0.05) is 16.8 Å². The first-order chi connectivity index (χ1) is 8.78. The maximum Gasteiger partial charge on any atom is 0.112 e. The second-order valence-corrected chi connectivity index (χ2v) is 5.48. The average Bonchev–Trinajstić information content (AvgIpc) is 2.81. The van der Waals surface area contributed by atoms with E-state index in [1.807, 2.05) is 6.92 Å². The number of nitrogens with one attached hydrogen (secondary N) is 1. The van der Waals surface area contributed by atoms with Crippen molar-refractivity contribution in [3.63, 3.8) is 0 Å². The molecule has 0 fully saturated rings. The molecule has 18 heavy (non-hydrogen) atoms. The Bertz CT molecular complexity index is 473. The van der Waals surface area contributed by atoms with Gasteiger partial charge in [-0.1, -0.05) is 25.5 Å². The highest BCUT2D eigenvalue weighted by Crippen LogP contribution is 2.14. The van der Waals surface area contributed by atoms with Crippen LogP contribution in [0.5, 0.6) is 0 Å². The van der Waals surface area contributed by atoms with E-state index < -0.39 is 0 Å². The summed E-state index contributed by atoms with van der Waals surface area (Å²) in [7, 11) is 0. The number of rotatable bonds is 6. The van der Waals surface area contributed by atoms with Gasteiger partial charge in [-0.2, -0.15) is 0 Å². The standard InChI is InChI=1S/C15H20N2S/c1-3-4-5-13-6-8-14(9-7-13)16-10-15-17-12(2)11-18-15/h6-9,11,16H,3-5,10H2,1-2H3. The summed E-state index contributed by atoms with van der Waals surface area (Å²) in [6.45, 7) is 5.07. The largest absolute Gasteiger partial charge is 0.379 e. The Labute approximate surface area is 113 Å². The minimum Gasteiger partial charge on any atom is -0.379 e. The van der Waals surface area contributed by atoms with E-state index >= 15 is 0 Å². The van der Waals surface area contributed by atoms with E-state index in [0.717, 1.165) is 17.2 Å². The van der Waals surface area contributed by atoms with Crippen LogP contribution >= 0.6 is 11.3 Å². The van der Waals surface area contributed by atoms with E-state index in [-0.39, 0.29) is 0 Å². The average molecular weight is 260 g/mol. The number of unbranched alkanes of at least 4 members (excludes halogenated alkanes) is 1. The van der Waals surface area contributed by atoms with Crippen LogP contribution in [-0.4, -0.2) is 4.98 Å². The Morgan fingerprint density at radius 1 is 1.22 bits per heavy atom. The molecule has 0 radical (unpaired) electrons. The van der Waals surface area contributed by atoms with Crippen molar-refractivity contribution < 1.29 is 0 Å². The molecule has 0 aliphatic heterocycles. The Kier molecular flexibility index (Phi) is 4.76.